The summed E-state index contributed by atoms with van der Waals surface area (Å²) < 4.78 is 25.5. The molecular formula is C17H23N3O5S. The molecule has 0 radical (unpaired) electrons. The Kier molecular flexibility index (Phi) is 4.83. The molecule has 1 saturated heterocycles. The van der Waals surface area contributed by atoms with Gasteiger partial charge in [0, 0.05) is 24.5 Å². The number of carbonyl (C=O) groups is 2. The number of carboxylic acids is 1. The number of urea groups is 1. The molecule has 8 nitrogen and oxygen atoms in total. The van der Waals surface area contributed by atoms with Crippen LogP contribution >= 0.6 is 0 Å². The van der Waals surface area contributed by atoms with Gasteiger partial charge in [-0.05, 0) is 49.9 Å². The maximum absolute atomic E-state index is 12.5. The predicted octanol–water partition coefficient (Wildman–Crippen LogP) is 2.17. The van der Waals surface area contributed by atoms with Gasteiger partial charge in [-0.3, -0.25) is 9.52 Å². The Bertz CT molecular complexity index is 808. The smallest absolute Gasteiger partial charge is 0.321 e. The van der Waals surface area contributed by atoms with Crippen LogP contribution in [-0.2, 0) is 14.8 Å². The van der Waals surface area contributed by atoms with Gasteiger partial charge in [0.2, 0.25) is 10.0 Å². The molecule has 2 aliphatic rings. The van der Waals surface area contributed by atoms with Gasteiger partial charge < -0.3 is 15.3 Å². The average molecular weight is 381 g/mol. The zero-order valence-electron chi connectivity index (χ0n) is 14.6. The van der Waals surface area contributed by atoms with Crippen molar-refractivity contribution in [2.75, 3.05) is 28.9 Å². The third kappa shape index (κ3) is 3.48. The van der Waals surface area contributed by atoms with Crippen LogP contribution in [0.1, 0.15) is 26.2 Å². The molecule has 0 spiro atoms. The number of nitrogens with one attached hydrogen (secondary N) is 2. The summed E-state index contributed by atoms with van der Waals surface area (Å²) in [5.74, 6) is -0.827. The van der Waals surface area contributed by atoms with E-state index in [1.807, 2.05) is 0 Å². The second-order valence-electron chi connectivity index (χ2n) is 6.94. The number of fused-ring (bicyclic) bond motifs is 1. The lowest BCUT2D eigenvalue weighted by atomic mass is 9.81. The maximum Gasteiger partial charge on any atom is 0.321 e. The van der Waals surface area contributed by atoms with E-state index in [1.54, 1.807) is 36.1 Å². The van der Waals surface area contributed by atoms with Crippen LogP contribution in [0.2, 0.25) is 0 Å². The highest BCUT2D eigenvalue weighted by molar-refractivity contribution is 7.92. The Labute approximate surface area is 152 Å². The second-order valence-corrected chi connectivity index (χ2v) is 8.95. The van der Waals surface area contributed by atoms with Crippen LogP contribution < -0.4 is 10.0 Å². The second kappa shape index (κ2) is 6.79. The Morgan fingerprint density at radius 2 is 1.92 bits per heavy atom. The lowest BCUT2D eigenvalue weighted by molar-refractivity contribution is -0.149. The number of benzene rings is 1. The van der Waals surface area contributed by atoms with Crippen LogP contribution in [0.4, 0.5) is 16.2 Å². The van der Waals surface area contributed by atoms with Crippen molar-refractivity contribution in [3.8, 4) is 0 Å². The Morgan fingerprint density at radius 1 is 1.27 bits per heavy atom. The number of likely N-dealkylation sites (tertiary alicyclic amines) is 1. The van der Waals surface area contributed by atoms with Crippen LogP contribution in [0.3, 0.4) is 0 Å². The van der Waals surface area contributed by atoms with Crippen molar-refractivity contribution in [1.82, 2.24) is 4.90 Å². The standard InChI is InChI=1S/C17H23N3O5S/c1-2-26(24,25)19-14-7-5-13(6-8-14)18-16(23)20-10-12-4-3-9-17(12,11-20)15(21)22/h5-8,12,19H,2-4,9-11H2,1H3,(H,18,23)(H,21,22)/t12-,17+/m0/s1. The summed E-state index contributed by atoms with van der Waals surface area (Å²) in [4.78, 5) is 25.7. The molecule has 1 heterocycles. The number of carbonyl (C=O) groups excluding carboxylic acids is 1. The van der Waals surface area contributed by atoms with Gasteiger partial charge >= 0.3 is 12.0 Å². The van der Waals surface area contributed by atoms with E-state index in [0.717, 1.165) is 12.8 Å². The van der Waals surface area contributed by atoms with E-state index in [-0.39, 0.29) is 24.2 Å². The molecule has 26 heavy (non-hydrogen) atoms. The molecular weight excluding hydrogens is 358 g/mol. The van der Waals surface area contributed by atoms with Crippen LogP contribution in [0, 0.1) is 11.3 Å². The molecule has 1 aliphatic heterocycles. The summed E-state index contributed by atoms with van der Waals surface area (Å²) in [6, 6.07) is 6.02. The maximum atomic E-state index is 12.5. The van der Waals surface area contributed by atoms with E-state index in [0.29, 0.717) is 24.3 Å². The first-order valence-electron chi connectivity index (χ1n) is 8.65. The van der Waals surface area contributed by atoms with Crippen LogP contribution in [0.15, 0.2) is 24.3 Å². The summed E-state index contributed by atoms with van der Waals surface area (Å²) in [6.07, 6.45) is 2.34. The van der Waals surface area contributed by atoms with Gasteiger partial charge in [0.15, 0.2) is 0 Å². The number of anilines is 2. The molecule has 3 N–H and O–H groups in total. The number of hydrogen-bond acceptors (Lipinski definition) is 4. The van der Waals surface area contributed by atoms with Crippen LogP contribution in [0.5, 0.6) is 0 Å². The largest absolute Gasteiger partial charge is 0.481 e. The van der Waals surface area contributed by atoms with E-state index in [1.165, 1.54) is 0 Å². The molecule has 0 bridgehead atoms. The summed E-state index contributed by atoms with van der Waals surface area (Å²) in [5, 5.41) is 12.3. The van der Waals surface area contributed by atoms with Gasteiger partial charge in [-0.25, -0.2) is 13.2 Å². The monoisotopic (exact) mass is 381 g/mol. The minimum atomic E-state index is -3.35. The summed E-state index contributed by atoms with van der Waals surface area (Å²) in [5.41, 5.74) is 0.140. The first kappa shape index (κ1) is 18.5. The van der Waals surface area contributed by atoms with Crippen molar-refractivity contribution in [2.24, 2.45) is 11.3 Å². The van der Waals surface area contributed by atoms with Gasteiger partial charge in [-0.15, -0.1) is 0 Å². The SMILES string of the molecule is CCS(=O)(=O)Nc1ccc(NC(=O)N2C[C@@H]3CCC[C@@]3(C(=O)O)C2)cc1. The highest BCUT2D eigenvalue weighted by atomic mass is 32.2. The fourth-order valence-corrected chi connectivity index (χ4v) is 4.51. The molecule has 0 aromatic heterocycles. The number of aliphatic carboxylic acids is 1. The number of hydrogen-bond donors (Lipinski definition) is 3. The molecule has 2 amide bonds. The molecule has 1 saturated carbocycles. The van der Waals surface area contributed by atoms with Crippen LogP contribution in [-0.4, -0.2) is 49.3 Å². The molecule has 1 aromatic rings. The first-order valence-corrected chi connectivity index (χ1v) is 10.3. The summed E-state index contributed by atoms with van der Waals surface area (Å²) in [7, 11) is -3.35. The van der Waals surface area contributed by atoms with Gasteiger partial charge in [0.05, 0.1) is 11.2 Å². The molecule has 3 rings (SSSR count). The van der Waals surface area contributed by atoms with Gasteiger partial charge in [0.25, 0.3) is 0 Å². The van der Waals surface area contributed by atoms with Crippen molar-refractivity contribution in [1.29, 1.82) is 0 Å². The average Bonchev–Trinajstić information content (AvgIpc) is 3.15. The molecule has 2 atom stereocenters. The lowest BCUT2D eigenvalue weighted by Crippen LogP contribution is -2.38. The zero-order valence-corrected chi connectivity index (χ0v) is 15.4. The fourth-order valence-electron chi connectivity index (χ4n) is 3.87. The van der Waals surface area contributed by atoms with Crippen molar-refractivity contribution in [2.45, 2.75) is 26.2 Å². The third-order valence-electron chi connectivity index (χ3n) is 5.37. The molecule has 1 aliphatic carbocycles. The van der Waals surface area contributed by atoms with E-state index >= 15 is 0 Å². The van der Waals surface area contributed by atoms with Gasteiger partial charge in [-0.1, -0.05) is 6.42 Å². The van der Waals surface area contributed by atoms with Gasteiger partial charge in [0.1, 0.15) is 0 Å². The topological polar surface area (TPSA) is 116 Å². The van der Waals surface area contributed by atoms with Crippen molar-refractivity contribution >= 4 is 33.4 Å². The summed E-state index contributed by atoms with van der Waals surface area (Å²) in [6.45, 7) is 2.23. The number of rotatable bonds is 5. The van der Waals surface area contributed by atoms with Crippen molar-refractivity contribution in [3.05, 3.63) is 24.3 Å². The van der Waals surface area contributed by atoms with E-state index in [9.17, 15) is 23.1 Å². The molecule has 2 fully saturated rings. The zero-order chi connectivity index (χ0) is 18.9. The fraction of sp³-hybridized carbons (Fsp3) is 0.529. The Morgan fingerprint density at radius 3 is 2.50 bits per heavy atom. The molecule has 142 valence electrons. The predicted molar refractivity (Wildman–Crippen MR) is 97.5 cm³/mol. The molecule has 9 heteroatoms. The molecule has 0 unspecified atom stereocenters. The highest BCUT2D eigenvalue weighted by Gasteiger charge is 2.55. The number of sulfonamides is 1. The number of nitrogens with zero attached hydrogens (tertiary/aromatic N) is 1. The van der Waals surface area contributed by atoms with Crippen molar-refractivity contribution < 1.29 is 23.1 Å². The van der Waals surface area contributed by atoms with Crippen LogP contribution in [0.25, 0.3) is 0 Å². The van der Waals surface area contributed by atoms with E-state index in [4.69, 9.17) is 0 Å². The minimum Gasteiger partial charge on any atom is -0.481 e. The third-order valence-corrected chi connectivity index (χ3v) is 6.68. The minimum absolute atomic E-state index is 0.0107. The quantitative estimate of drug-likeness (QED) is 0.723. The normalized spacial score (nSPS) is 25.0. The number of amides is 2. The lowest BCUT2D eigenvalue weighted by Gasteiger charge is -2.23. The first-order chi connectivity index (χ1) is 12.3. The van der Waals surface area contributed by atoms with E-state index < -0.39 is 21.4 Å². The van der Waals surface area contributed by atoms with Gasteiger partial charge in [-0.2, -0.15) is 0 Å². The Hall–Kier alpha value is -2.29. The van der Waals surface area contributed by atoms with Crippen molar-refractivity contribution in [3.63, 3.8) is 0 Å². The highest BCUT2D eigenvalue weighted by Crippen LogP contribution is 2.48. The summed E-state index contributed by atoms with van der Waals surface area (Å²) >= 11 is 0. The number of carboxylic acid groups (broad SMARTS) is 1. The van der Waals surface area contributed by atoms with E-state index in [2.05, 4.69) is 10.0 Å². The Balaban J connectivity index is 1.63. The molecule has 1 aromatic carbocycles.